The van der Waals surface area contributed by atoms with Crippen LogP contribution >= 0.6 is 0 Å². The van der Waals surface area contributed by atoms with Crippen LogP contribution < -0.4 is 0 Å². The Kier molecular flexibility index (Phi) is 1.55. The van der Waals surface area contributed by atoms with Crippen LogP contribution in [-0.2, 0) is 6.18 Å². The van der Waals surface area contributed by atoms with E-state index < -0.39 is 11.7 Å². The quantitative estimate of drug-likeness (QED) is 0.633. The molecule has 0 fully saturated rings. The van der Waals surface area contributed by atoms with Crippen LogP contribution in [0.2, 0.25) is 0 Å². The van der Waals surface area contributed by atoms with Gasteiger partial charge in [0.2, 0.25) is 0 Å². The highest BCUT2D eigenvalue weighted by Gasteiger charge is 2.30. The molecule has 0 N–H and O–H groups in total. The van der Waals surface area contributed by atoms with E-state index in [-0.39, 0.29) is 5.52 Å². The van der Waals surface area contributed by atoms with Gasteiger partial charge in [-0.05, 0) is 18.2 Å². The first-order valence-corrected chi connectivity index (χ1v) is 3.48. The van der Waals surface area contributed by atoms with Crippen LogP contribution in [0.1, 0.15) is 5.56 Å². The number of hydrogen-bond acceptors (Lipinski definition) is 2. The van der Waals surface area contributed by atoms with Crippen molar-refractivity contribution in [3.63, 3.8) is 0 Å². The molecule has 2 rings (SSSR count). The summed E-state index contributed by atoms with van der Waals surface area (Å²) < 4.78 is 41.3. The predicted octanol–water partition coefficient (Wildman–Crippen LogP) is 2.85. The number of fused-ring (bicyclic) bond motifs is 1. The third-order valence-electron chi connectivity index (χ3n) is 1.66. The lowest BCUT2D eigenvalue weighted by atomic mass is 10.2. The smallest absolute Gasteiger partial charge is 0.416 e. The molecule has 2 nitrogen and oxygen atoms in total. The lowest BCUT2D eigenvalue weighted by molar-refractivity contribution is -0.137. The van der Waals surface area contributed by atoms with E-state index in [2.05, 4.69) is 4.98 Å². The third kappa shape index (κ3) is 1.37. The molecule has 2 aromatic rings. The Morgan fingerprint density at radius 2 is 2.00 bits per heavy atom. The molecule has 0 atom stereocenters. The zero-order valence-corrected chi connectivity index (χ0v) is 6.30. The lowest BCUT2D eigenvalue weighted by Crippen LogP contribution is -2.03. The fraction of sp³-hybridized carbons (Fsp3) is 0.125. The van der Waals surface area contributed by atoms with Gasteiger partial charge in [0.05, 0.1) is 5.56 Å². The highest BCUT2D eigenvalue weighted by atomic mass is 19.4. The van der Waals surface area contributed by atoms with Gasteiger partial charge < -0.3 is 4.42 Å². The summed E-state index contributed by atoms with van der Waals surface area (Å²) in [5.74, 6) is 0. The summed E-state index contributed by atoms with van der Waals surface area (Å²) in [6.45, 7) is 0. The van der Waals surface area contributed by atoms with Crippen molar-refractivity contribution in [2.45, 2.75) is 6.18 Å². The lowest BCUT2D eigenvalue weighted by Gasteiger charge is -2.04. The molecule has 0 aliphatic heterocycles. The van der Waals surface area contributed by atoms with E-state index in [1.165, 1.54) is 6.07 Å². The fourth-order valence-electron chi connectivity index (χ4n) is 1.03. The zero-order valence-electron chi connectivity index (χ0n) is 6.30. The average Bonchev–Trinajstić information content (AvgIpc) is 2.47. The summed E-state index contributed by atoms with van der Waals surface area (Å²) in [5.41, 5.74) is -0.142. The van der Waals surface area contributed by atoms with Crippen molar-refractivity contribution in [2.75, 3.05) is 0 Å². The number of nitrogens with zero attached hydrogens (tertiary/aromatic N) is 1. The molecule has 0 radical (unpaired) electrons. The summed E-state index contributed by atoms with van der Waals surface area (Å²) in [6, 6.07) is 3.18. The van der Waals surface area contributed by atoms with E-state index >= 15 is 0 Å². The maximum atomic E-state index is 12.2. The van der Waals surface area contributed by atoms with Crippen LogP contribution in [0.15, 0.2) is 29.0 Å². The van der Waals surface area contributed by atoms with Gasteiger partial charge in [0, 0.05) is 0 Å². The molecule has 0 amide bonds. The van der Waals surface area contributed by atoms with Crippen LogP contribution in [0.3, 0.4) is 0 Å². The normalized spacial score (nSPS) is 12.2. The van der Waals surface area contributed by atoms with Gasteiger partial charge in [-0.3, -0.25) is 0 Å². The molecule has 0 bridgehead atoms. The van der Waals surface area contributed by atoms with Gasteiger partial charge in [0.15, 0.2) is 12.0 Å². The van der Waals surface area contributed by atoms with Crippen molar-refractivity contribution < 1.29 is 17.6 Å². The first-order valence-electron chi connectivity index (χ1n) is 3.48. The van der Waals surface area contributed by atoms with Crippen LogP contribution in [0, 0.1) is 0 Å². The molecule has 0 aliphatic carbocycles. The molecule has 13 heavy (non-hydrogen) atoms. The van der Waals surface area contributed by atoms with Crippen molar-refractivity contribution in [1.82, 2.24) is 4.98 Å². The zero-order chi connectivity index (χ0) is 9.47. The topological polar surface area (TPSA) is 26.0 Å². The van der Waals surface area contributed by atoms with Crippen molar-refractivity contribution in [3.8, 4) is 0 Å². The van der Waals surface area contributed by atoms with E-state index in [0.29, 0.717) is 5.58 Å². The van der Waals surface area contributed by atoms with Crippen LogP contribution in [0.4, 0.5) is 13.2 Å². The molecule has 1 heterocycles. The van der Waals surface area contributed by atoms with E-state index in [9.17, 15) is 13.2 Å². The van der Waals surface area contributed by atoms with E-state index in [1.54, 1.807) is 0 Å². The second-order valence-corrected chi connectivity index (χ2v) is 2.53. The maximum absolute atomic E-state index is 12.2. The summed E-state index contributed by atoms with van der Waals surface area (Å²) in [4.78, 5) is 3.63. The van der Waals surface area contributed by atoms with E-state index in [1.807, 2.05) is 0 Å². The predicted molar refractivity (Wildman–Crippen MR) is 39.0 cm³/mol. The number of oxazole rings is 1. The van der Waals surface area contributed by atoms with Gasteiger partial charge in [-0.2, -0.15) is 13.2 Å². The first kappa shape index (κ1) is 8.10. The molecule has 1 aromatic heterocycles. The van der Waals surface area contributed by atoms with Crippen molar-refractivity contribution in [2.24, 2.45) is 0 Å². The minimum Gasteiger partial charge on any atom is -0.443 e. The summed E-state index contributed by atoms with van der Waals surface area (Å²) >= 11 is 0. The van der Waals surface area contributed by atoms with Crippen LogP contribution in [0.5, 0.6) is 0 Å². The van der Waals surface area contributed by atoms with Gasteiger partial charge in [-0.25, -0.2) is 4.98 Å². The van der Waals surface area contributed by atoms with Gasteiger partial charge in [0.1, 0.15) is 5.52 Å². The Bertz CT molecular complexity index is 432. The summed E-state index contributed by atoms with van der Waals surface area (Å²) in [5, 5.41) is 0. The Morgan fingerprint density at radius 3 is 2.69 bits per heavy atom. The average molecular weight is 187 g/mol. The number of alkyl halides is 3. The molecule has 1 aromatic carbocycles. The number of hydrogen-bond donors (Lipinski definition) is 0. The second-order valence-electron chi connectivity index (χ2n) is 2.53. The Morgan fingerprint density at radius 1 is 1.23 bits per heavy atom. The third-order valence-corrected chi connectivity index (χ3v) is 1.66. The molecular formula is C8H4F3NO. The number of rotatable bonds is 0. The molecule has 0 saturated carbocycles. The Balaban J connectivity index is 2.61. The molecule has 68 valence electrons. The first-order chi connectivity index (χ1) is 6.07. The Hall–Kier alpha value is -1.52. The second kappa shape index (κ2) is 2.48. The van der Waals surface area contributed by atoms with Gasteiger partial charge in [-0.1, -0.05) is 0 Å². The molecule has 5 heteroatoms. The monoisotopic (exact) mass is 187 g/mol. The Labute approximate surface area is 71.0 Å². The van der Waals surface area contributed by atoms with E-state index in [0.717, 1.165) is 18.5 Å². The highest BCUT2D eigenvalue weighted by Crippen LogP contribution is 2.30. The maximum Gasteiger partial charge on any atom is 0.416 e. The molecule has 0 saturated heterocycles. The minimum absolute atomic E-state index is 0.217. The van der Waals surface area contributed by atoms with Gasteiger partial charge in [-0.15, -0.1) is 0 Å². The number of halogens is 3. The molecular weight excluding hydrogens is 183 g/mol. The molecule has 0 unspecified atom stereocenters. The minimum atomic E-state index is -4.33. The van der Waals surface area contributed by atoms with Crippen LogP contribution in [0.25, 0.3) is 11.1 Å². The van der Waals surface area contributed by atoms with Crippen LogP contribution in [-0.4, -0.2) is 4.98 Å². The van der Waals surface area contributed by atoms with Gasteiger partial charge in [0.25, 0.3) is 0 Å². The van der Waals surface area contributed by atoms with E-state index in [4.69, 9.17) is 4.42 Å². The van der Waals surface area contributed by atoms with Crippen molar-refractivity contribution in [1.29, 1.82) is 0 Å². The largest absolute Gasteiger partial charge is 0.443 e. The molecule has 0 spiro atoms. The summed E-state index contributed by atoms with van der Waals surface area (Å²) in [6.07, 6.45) is -3.21. The molecule has 0 aliphatic rings. The van der Waals surface area contributed by atoms with Crippen molar-refractivity contribution >= 4 is 11.1 Å². The van der Waals surface area contributed by atoms with Crippen molar-refractivity contribution in [3.05, 3.63) is 30.2 Å². The number of aromatic nitrogens is 1. The highest BCUT2D eigenvalue weighted by molar-refractivity contribution is 5.72. The standard InChI is InChI=1S/C8H4F3NO/c9-8(10,11)5-1-2-7-6(3-5)12-4-13-7/h1-4H. The number of benzene rings is 1. The van der Waals surface area contributed by atoms with Gasteiger partial charge >= 0.3 is 6.18 Å². The fourth-order valence-corrected chi connectivity index (χ4v) is 1.03. The SMILES string of the molecule is FC(F)(F)c1ccc2ocnc2c1. The summed E-state index contributed by atoms with van der Waals surface area (Å²) in [7, 11) is 0.